The van der Waals surface area contributed by atoms with E-state index in [2.05, 4.69) is 4.90 Å². The van der Waals surface area contributed by atoms with Gasteiger partial charge in [0.25, 0.3) is 0 Å². The Morgan fingerprint density at radius 2 is 1.79 bits per heavy atom. The summed E-state index contributed by atoms with van der Waals surface area (Å²) >= 11 is 6.14. The van der Waals surface area contributed by atoms with Gasteiger partial charge in [0.1, 0.15) is 53.5 Å². The number of hydrogen-bond acceptors (Lipinski definition) is 7. The van der Waals surface area contributed by atoms with Crippen LogP contribution in [0.4, 0.5) is 0 Å². The van der Waals surface area contributed by atoms with Crippen molar-refractivity contribution in [1.29, 1.82) is 0 Å². The number of aliphatic hydroxyl groups is 1. The van der Waals surface area contributed by atoms with Crippen LogP contribution in [0.1, 0.15) is 34.3 Å². The molecule has 0 unspecified atom stereocenters. The Balaban J connectivity index is 1.12. The number of ether oxygens (including phenoxy) is 4. The van der Waals surface area contributed by atoms with Crippen LogP contribution in [0, 0.1) is 0 Å². The second-order valence-electron chi connectivity index (χ2n) is 10.1. The van der Waals surface area contributed by atoms with Gasteiger partial charge >= 0.3 is 5.97 Å². The average molecular weight is 554 g/mol. The van der Waals surface area contributed by atoms with Crippen molar-refractivity contribution in [2.24, 2.45) is 0 Å². The van der Waals surface area contributed by atoms with Gasteiger partial charge in [-0.15, -0.1) is 0 Å². The monoisotopic (exact) mass is 553 g/mol. The lowest BCUT2D eigenvalue weighted by Crippen LogP contribution is -2.49. The zero-order chi connectivity index (χ0) is 27.4. The van der Waals surface area contributed by atoms with E-state index in [1.807, 2.05) is 42.5 Å². The molecule has 0 saturated carbocycles. The Kier molecular flexibility index (Phi) is 8.16. The van der Waals surface area contributed by atoms with Crippen LogP contribution in [0.15, 0.2) is 60.7 Å². The highest BCUT2D eigenvalue weighted by molar-refractivity contribution is 6.30. The van der Waals surface area contributed by atoms with Gasteiger partial charge in [0.2, 0.25) is 0 Å². The fourth-order valence-corrected chi connectivity index (χ4v) is 5.33. The molecule has 1 fully saturated rings. The lowest BCUT2D eigenvalue weighted by Gasteiger charge is -2.39. The molecule has 0 aliphatic carbocycles. The number of benzene rings is 3. The molecule has 206 valence electrons. The van der Waals surface area contributed by atoms with Crippen molar-refractivity contribution in [2.45, 2.75) is 37.6 Å². The van der Waals surface area contributed by atoms with E-state index in [1.54, 1.807) is 19.2 Å². The van der Waals surface area contributed by atoms with E-state index in [-0.39, 0.29) is 23.5 Å². The lowest BCUT2D eigenvalue weighted by atomic mass is 9.87. The highest BCUT2D eigenvalue weighted by atomic mass is 35.5. The number of carboxylic acid groups (broad SMARTS) is 1. The number of methoxy groups -OCH3 is 1. The van der Waals surface area contributed by atoms with Gasteiger partial charge in [0, 0.05) is 50.0 Å². The first-order valence-electron chi connectivity index (χ1n) is 13.0. The van der Waals surface area contributed by atoms with Gasteiger partial charge in [-0.2, -0.15) is 0 Å². The summed E-state index contributed by atoms with van der Waals surface area (Å²) in [5.74, 6) is 1.18. The van der Waals surface area contributed by atoms with Crippen molar-refractivity contribution in [3.05, 3.63) is 82.4 Å². The maximum Gasteiger partial charge on any atom is 0.339 e. The van der Waals surface area contributed by atoms with Crippen molar-refractivity contribution < 1.29 is 34.0 Å². The van der Waals surface area contributed by atoms with Gasteiger partial charge in [-0.1, -0.05) is 23.7 Å². The number of likely N-dealkylation sites (tertiary alicyclic amines) is 1. The van der Waals surface area contributed by atoms with Gasteiger partial charge < -0.3 is 34.1 Å². The fraction of sp³-hybridized carbons (Fsp3) is 0.367. The Morgan fingerprint density at radius 1 is 1.05 bits per heavy atom. The van der Waals surface area contributed by atoms with Crippen LogP contribution < -0.4 is 18.9 Å². The number of piperidine rings is 1. The van der Waals surface area contributed by atoms with Crippen LogP contribution in [0.3, 0.4) is 0 Å². The number of carboxylic acids is 1. The first-order chi connectivity index (χ1) is 18.8. The Bertz CT molecular complexity index is 1310. The molecule has 1 atom stereocenters. The summed E-state index contributed by atoms with van der Waals surface area (Å²) in [6.45, 7) is 2.26. The van der Waals surface area contributed by atoms with E-state index >= 15 is 0 Å². The number of rotatable bonds is 10. The molecular formula is C30H32ClNO7. The molecule has 1 saturated heterocycles. The number of carbonyl (C=O) groups is 1. The molecule has 1 spiro atoms. The Morgan fingerprint density at radius 3 is 2.51 bits per heavy atom. The van der Waals surface area contributed by atoms with Gasteiger partial charge in [0.15, 0.2) is 0 Å². The number of nitrogens with zero attached hydrogens (tertiary/aromatic N) is 1. The predicted molar refractivity (Wildman–Crippen MR) is 146 cm³/mol. The molecule has 2 heterocycles. The highest BCUT2D eigenvalue weighted by Gasteiger charge is 2.42. The van der Waals surface area contributed by atoms with Crippen LogP contribution in [0.2, 0.25) is 5.02 Å². The number of halogens is 1. The topological polar surface area (TPSA) is 97.7 Å². The third kappa shape index (κ3) is 6.58. The molecule has 0 radical (unpaired) electrons. The Hall–Kier alpha value is -3.46. The predicted octanol–water partition coefficient (Wildman–Crippen LogP) is 4.84. The van der Waals surface area contributed by atoms with Gasteiger partial charge in [-0.3, -0.25) is 0 Å². The smallest absolute Gasteiger partial charge is 0.339 e. The van der Waals surface area contributed by atoms with Crippen LogP contribution >= 0.6 is 11.6 Å². The molecule has 0 amide bonds. The van der Waals surface area contributed by atoms with Crippen molar-refractivity contribution in [2.75, 3.05) is 33.4 Å². The summed E-state index contributed by atoms with van der Waals surface area (Å²) in [5.41, 5.74) is 1.88. The standard InChI is InChI=1S/C30H32ClNO7/c1-36-24-5-2-20(3-6-24)18-37-25-7-8-26(29(34)35)28(15-25)38-19-23(33)17-32-12-10-30(11-13-32)16-21-14-22(31)4-9-27(21)39-30/h2-9,14-15,23,33H,10-13,16-19H2,1H3,(H,34,35)/t23-/m0/s1. The van der Waals surface area contributed by atoms with E-state index in [1.165, 1.54) is 6.07 Å². The summed E-state index contributed by atoms with van der Waals surface area (Å²) in [6.07, 6.45) is 1.76. The summed E-state index contributed by atoms with van der Waals surface area (Å²) in [4.78, 5) is 13.9. The van der Waals surface area contributed by atoms with Gasteiger partial charge in [-0.25, -0.2) is 4.79 Å². The van der Waals surface area contributed by atoms with Crippen molar-refractivity contribution in [3.63, 3.8) is 0 Å². The number of fused-ring (bicyclic) bond motifs is 1. The lowest BCUT2D eigenvalue weighted by molar-refractivity contribution is -0.00204. The summed E-state index contributed by atoms with van der Waals surface area (Å²) in [6, 6.07) is 17.8. The van der Waals surface area contributed by atoms with Crippen molar-refractivity contribution >= 4 is 17.6 Å². The molecule has 3 aromatic rings. The second kappa shape index (κ2) is 11.7. The molecule has 8 nitrogen and oxygen atoms in total. The van der Waals surface area contributed by atoms with Crippen molar-refractivity contribution in [1.82, 2.24) is 4.90 Å². The zero-order valence-electron chi connectivity index (χ0n) is 21.8. The highest BCUT2D eigenvalue weighted by Crippen LogP contribution is 2.42. The molecule has 2 aliphatic heterocycles. The third-order valence-electron chi connectivity index (χ3n) is 7.28. The fourth-order valence-electron chi connectivity index (χ4n) is 5.14. The van der Waals surface area contributed by atoms with Gasteiger partial charge in [-0.05, 0) is 53.6 Å². The normalized spacial score (nSPS) is 16.8. The van der Waals surface area contributed by atoms with E-state index in [4.69, 9.17) is 30.5 Å². The SMILES string of the molecule is COc1ccc(COc2ccc(C(=O)O)c(OC[C@@H](O)CN3CCC4(CC3)Cc3cc(Cl)ccc3O4)c2)cc1. The molecule has 0 aromatic heterocycles. The molecule has 3 aromatic carbocycles. The summed E-state index contributed by atoms with van der Waals surface area (Å²) in [7, 11) is 1.61. The second-order valence-corrected chi connectivity index (χ2v) is 10.5. The summed E-state index contributed by atoms with van der Waals surface area (Å²) < 4.78 is 23.1. The van der Waals surface area contributed by atoms with Crippen LogP contribution in [-0.2, 0) is 13.0 Å². The quantitative estimate of drug-likeness (QED) is 0.368. The summed E-state index contributed by atoms with van der Waals surface area (Å²) in [5, 5.41) is 21.0. The molecule has 2 N–H and O–H groups in total. The van der Waals surface area contributed by atoms with Crippen LogP contribution in [0.25, 0.3) is 0 Å². The molecule has 2 aliphatic rings. The molecule has 5 rings (SSSR count). The first kappa shape index (κ1) is 27.1. The number of hydrogen-bond donors (Lipinski definition) is 2. The van der Waals surface area contributed by atoms with Crippen LogP contribution in [-0.4, -0.2) is 66.1 Å². The zero-order valence-corrected chi connectivity index (χ0v) is 22.5. The maximum absolute atomic E-state index is 11.7. The van der Waals surface area contributed by atoms with Crippen molar-refractivity contribution in [3.8, 4) is 23.0 Å². The minimum atomic E-state index is -1.11. The Labute approximate surface area is 232 Å². The van der Waals surface area contributed by atoms with E-state index in [9.17, 15) is 15.0 Å². The van der Waals surface area contributed by atoms with Crippen LogP contribution in [0.5, 0.6) is 23.0 Å². The van der Waals surface area contributed by atoms with E-state index in [0.29, 0.717) is 18.9 Å². The number of β-amino-alcohol motifs (C(OH)–C–C–N with tert-alkyl or cyclic N) is 1. The minimum absolute atomic E-state index is 0.0111. The maximum atomic E-state index is 11.7. The molecule has 0 bridgehead atoms. The number of aromatic carboxylic acids is 1. The number of aliphatic hydroxyl groups excluding tert-OH is 1. The molecular weight excluding hydrogens is 522 g/mol. The molecule has 39 heavy (non-hydrogen) atoms. The molecule has 9 heteroatoms. The third-order valence-corrected chi connectivity index (χ3v) is 7.51. The van der Waals surface area contributed by atoms with E-state index in [0.717, 1.165) is 60.0 Å². The van der Waals surface area contributed by atoms with E-state index < -0.39 is 12.1 Å². The van der Waals surface area contributed by atoms with Gasteiger partial charge in [0.05, 0.1) is 7.11 Å². The minimum Gasteiger partial charge on any atom is -0.497 e. The largest absolute Gasteiger partial charge is 0.497 e. The average Bonchev–Trinajstić information content (AvgIpc) is 3.29. The first-order valence-corrected chi connectivity index (χ1v) is 13.3.